The van der Waals surface area contributed by atoms with Crippen molar-refractivity contribution in [3.63, 3.8) is 0 Å². The van der Waals surface area contributed by atoms with Crippen molar-refractivity contribution in [3.8, 4) is 0 Å². The summed E-state index contributed by atoms with van der Waals surface area (Å²) in [7, 11) is 1.74. The average molecular weight is 273 g/mol. The van der Waals surface area contributed by atoms with Crippen molar-refractivity contribution in [1.82, 2.24) is 9.88 Å². The number of fused-ring (bicyclic) bond motifs is 1. The molecule has 0 spiro atoms. The van der Waals surface area contributed by atoms with Gasteiger partial charge in [0.2, 0.25) is 5.91 Å². The molecule has 1 aromatic heterocycles. The predicted molar refractivity (Wildman–Crippen MR) is 81.0 cm³/mol. The zero-order valence-electron chi connectivity index (χ0n) is 11.9. The van der Waals surface area contributed by atoms with Crippen LogP contribution in [0.2, 0.25) is 0 Å². The molecule has 0 aliphatic carbocycles. The van der Waals surface area contributed by atoms with Gasteiger partial charge in [0.05, 0.1) is 12.1 Å². The highest BCUT2D eigenvalue weighted by Crippen LogP contribution is 2.20. The summed E-state index contributed by atoms with van der Waals surface area (Å²) in [5.74, 6) is -0.0928. The van der Waals surface area contributed by atoms with Crippen LogP contribution in [0.1, 0.15) is 13.8 Å². The molecule has 2 N–H and O–H groups in total. The quantitative estimate of drug-likeness (QED) is 0.887. The molecule has 20 heavy (non-hydrogen) atoms. The first-order chi connectivity index (χ1) is 9.49. The van der Waals surface area contributed by atoms with E-state index >= 15 is 0 Å². The molecule has 1 aromatic carbocycles. The molecule has 0 atom stereocenters. The molecule has 0 bridgehead atoms. The van der Waals surface area contributed by atoms with Crippen molar-refractivity contribution in [2.75, 3.05) is 11.9 Å². The molecule has 2 aromatic rings. The van der Waals surface area contributed by atoms with E-state index in [1.807, 2.05) is 38.1 Å². The smallest absolute Gasteiger partial charge is 0.252 e. The van der Waals surface area contributed by atoms with Gasteiger partial charge in [0.1, 0.15) is 0 Å². The van der Waals surface area contributed by atoms with Gasteiger partial charge in [-0.2, -0.15) is 0 Å². The molecule has 106 valence electrons. The van der Waals surface area contributed by atoms with Crippen molar-refractivity contribution in [1.29, 1.82) is 0 Å². The van der Waals surface area contributed by atoms with Gasteiger partial charge in [0.15, 0.2) is 0 Å². The number of amides is 1. The third-order valence-corrected chi connectivity index (χ3v) is 3.04. The van der Waals surface area contributed by atoms with Gasteiger partial charge in [0, 0.05) is 30.2 Å². The minimum atomic E-state index is -0.101. The summed E-state index contributed by atoms with van der Waals surface area (Å²) in [6, 6.07) is 9.23. The number of aromatic nitrogens is 1. The number of aryl methyl sites for hydroxylation is 1. The molecule has 0 unspecified atom stereocenters. The first-order valence-electron chi connectivity index (χ1n) is 6.61. The number of hydrogen-bond donors (Lipinski definition) is 2. The maximum absolute atomic E-state index is 11.9. The van der Waals surface area contributed by atoms with Crippen molar-refractivity contribution in [2.24, 2.45) is 7.05 Å². The van der Waals surface area contributed by atoms with Crippen LogP contribution in [-0.2, 0) is 11.8 Å². The number of rotatable bonds is 4. The van der Waals surface area contributed by atoms with Crippen LogP contribution in [0.15, 0.2) is 35.1 Å². The van der Waals surface area contributed by atoms with Crippen LogP contribution in [0.5, 0.6) is 0 Å². The number of pyridine rings is 1. The minimum Gasteiger partial charge on any atom is -0.375 e. The molecular formula is C15H19N3O2. The Bertz CT molecular complexity index is 689. The number of anilines is 1. The van der Waals surface area contributed by atoms with E-state index in [1.54, 1.807) is 11.6 Å². The number of benzene rings is 1. The third kappa shape index (κ3) is 2.99. The van der Waals surface area contributed by atoms with Gasteiger partial charge in [0.25, 0.3) is 5.56 Å². The number of carbonyl (C=O) groups is 1. The van der Waals surface area contributed by atoms with Gasteiger partial charge in [-0.05, 0) is 19.9 Å². The molecule has 0 aliphatic heterocycles. The van der Waals surface area contributed by atoms with Crippen LogP contribution in [-0.4, -0.2) is 23.1 Å². The predicted octanol–water partition coefficient (Wildman–Crippen LogP) is 1.47. The van der Waals surface area contributed by atoms with Crippen LogP contribution < -0.4 is 16.2 Å². The van der Waals surface area contributed by atoms with E-state index in [9.17, 15) is 9.59 Å². The SMILES string of the molecule is CC(C)NC(=O)CNc1cc(=O)n(C)c2ccccc12. The minimum absolute atomic E-state index is 0.0928. The average Bonchev–Trinajstić information content (AvgIpc) is 2.40. The molecule has 1 heterocycles. The Labute approximate surface area is 117 Å². The lowest BCUT2D eigenvalue weighted by atomic mass is 10.2. The van der Waals surface area contributed by atoms with Crippen molar-refractivity contribution in [3.05, 3.63) is 40.7 Å². The Morgan fingerprint density at radius 1 is 1.30 bits per heavy atom. The Balaban J connectivity index is 2.29. The summed E-state index contributed by atoms with van der Waals surface area (Å²) in [5.41, 5.74) is 1.42. The highest BCUT2D eigenvalue weighted by Gasteiger charge is 2.08. The summed E-state index contributed by atoms with van der Waals surface area (Å²) in [6.45, 7) is 3.96. The normalized spacial score (nSPS) is 10.8. The van der Waals surface area contributed by atoms with Gasteiger partial charge in [-0.25, -0.2) is 0 Å². The van der Waals surface area contributed by atoms with Gasteiger partial charge < -0.3 is 15.2 Å². The largest absolute Gasteiger partial charge is 0.375 e. The topological polar surface area (TPSA) is 63.1 Å². The fourth-order valence-electron chi connectivity index (χ4n) is 2.11. The fourth-order valence-corrected chi connectivity index (χ4v) is 2.11. The number of carbonyl (C=O) groups excluding carboxylic acids is 1. The summed E-state index contributed by atoms with van der Waals surface area (Å²) in [6.07, 6.45) is 0. The van der Waals surface area contributed by atoms with E-state index < -0.39 is 0 Å². The summed E-state index contributed by atoms with van der Waals surface area (Å²) >= 11 is 0. The highest BCUT2D eigenvalue weighted by molar-refractivity contribution is 5.93. The summed E-state index contributed by atoms with van der Waals surface area (Å²) in [4.78, 5) is 23.6. The molecule has 0 radical (unpaired) electrons. The van der Waals surface area contributed by atoms with Crippen LogP contribution in [0.3, 0.4) is 0 Å². The Morgan fingerprint density at radius 3 is 2.70 bits per heavy atom. The number of hydrogen-bond acceptors (Lipinski definition) is 3. The monoisotopic (exact) mass is 273 g/mol. The summed E-state index contributed by atoms with van der Waals surface area (Å²) < 4.78 is 1.59. The fraction of sp³-hybridized carbons (Fsp3) is 0.333. The van der Waals surface area contributed by atoms with Crippen molar-refractivity contribution in [2.45, 2.75) is 19.9 Å². The van der Waals surface area contributed by atoms with Crippen molar-refractivity contribution >= 4 is 22.5 Å². The van der Waals surface area contributed by atoms with E-state index in [1.165, 1.54) is 6.07 Å². The van der Waals surface area contributed by atoms with E-state index in [2.05, 4.69) is 10.6 Å². The van der Waals surface area contributed by atoms with Gasteiger partial charge >= 0.3 is 0 Å². The van der Waals surface area contributed by atoms with E-state index in [0.29, 0.717) is 5.69 Å². The van der Waals surface area contributed by atoms with Crippen molar-refractivity contribution < 1.29 is 4.79 Å². The molecule has 5 heteroatoms. The first-order valence-corrected chi connectivity index (χ1v) is 6.61. The lowest BCUT2D eigenvalue weighted by Crippen LogP contribution is -2.35. The maximum atomic E-state index is 11.9. The van der Waals surface area contributed by atoms with Crippen LogP contribution in [0.4, 0.5) is 5.69 Å². The Morgan fingerprint density at radius 2 is 2.00 bits per heavy atom. The van der Waals surface area contributed by atoms with E-state index in [0.717, 1.165) is 10.9 Å². The van der Waals surface area contributed by atoms with E-state index in [-0.39, 0.29) is 24.1 Å². The molecule has 2 rings (SSSR count). The molecule has 0 saturated heterocycles. The van der Waals surface area contributed by atoms with E-state index in [4.69, 9.17) is 0 Å². The number of nitrogens with zero attached hydrogens (tertiary/aromatic N) is 1. The number of nitrogens with one attached hydrogen (secondary N) is 2. The second-order valence-electron chi connectivity index (χ2n) is 5.05. The van der Waals surface area contributed by atoms with Gasteiger partial charge in [-0.15, -0.1) is 0 Å². The molecule has 0 saturated carbocycles. The zero-order valence-corrected chi connectivity index (χ0v) is 11.9. The standard InChI is InChI=1S/C15H19N3O2/c1-10(2)17-14(19)9-16-12-8-15(20)18(3)13-7-5-4-6-11(12)13/h4-8,10,16H,9H2,1-3H3,(H,17,19). The molecular weight excluding hydrogens is 254 g/mol. The zero-order chi connectivity index (χ0) is 14.7. The first kappa shape index (κ1) is 14.1. The lowest BCUT2D eigenvalue weighted by Gasteiger charge is -2.13. The highest BCUT2D eigenvalue weighted by atomic mass is 16.2. The van der Waals surface area contributed by atoms with Crippen LogP contribution >= 0.6 is 0 Å². The number of para-hydroxylation sites is 1. The van der Waals surface area contributed by atoms with Crippen LogP contribution in [0.25, 0.3) is 10.9 Å². The summed E-state index contributed by atoms with van der Waals surface area (Å²) in [5, 5.41) is 6.76. The lowest BCUT2D eigenvalue weighted by molar-refractivity contribution is -0.119. The van der Waals surface area contributed by atoms with Gasteiger partial charge in [-0.1, -0.05) is 18.2 Å². The second-order valence-corrected chi connectivity index (χ2v) is 5.05. The molecule has 5 nitrogen and oxygen atoms in total. The maximum Gasteiger partial charge on any atom is 0.252 e. The van der Waals surface area contributed by atoms with Crippen LogP contribution in [0, 0.1) is 0 Å². The molecule has 1 amide bonds. The second kappa shape index (κ2) is 5.77. The Hall–Kier alpha value is -2.30. The molecule has 0 fully saturated rings. The van der Waals surface area contributed by atoms with Gasteiger partial charge in [-0.3, -0.25) is 9.59 Å². The molecule has 0 aliphatic rings. The third-order valence-electron chi connectivity index (χ3n) is 3.04. The Kier molecular flexibility index (Phi) is 4.08.